The topological polar surface area (TPSA) is 105 Å². The van der Waals surface area contributed by atoms with E-state index in [4.69, 9.17) is 9.84 Å². The molecule has 1 aliphatic rings. The first-order chi connectivity index (χ1) is 8.58. The summed E-state index contributed by atoms with van der Waals surface area (Å²) in [5.41, 5.74) is -1.09. The SMILES string of the molecule is CSC1C(O)[C@@H](CO)O[C@H]1n1ccc(=O)[nH]c1=O. The van der Waals surface area contributed by atoms with Crippen molar-refractivity contribution in [1.82, 2.24) is 9.55 Å². The van der Waals surface area contributed by atoms with Crippen LogP contribution in [-0.4, -0.2) is 50.1 Å². The molecule has 8 heteroatoms. The van der Waals surface area contributed by atoms with Crippen molar-refractivity contribution < 1.29 is 14.9 Å². The Morgan fingerprint density at radius 1 is 1.56 bits per heavy atom. The van der Waals surface area contributed by atoms with E-state index in [1.165, 1.54) is 28.6 Å². The fraction of sp³-hybridized carbons (Fsp3) is 0.600. The molecule has 2 rings (SSSR count). The van der Waals surface area contributed by atoms with Crippen molar-refractivity contribution in [2.45, 2.75) is 23.7 Å². The summed E-state index contributed by atoms with van der Waals surface area (Å²) in [5, 5.41) is 18.6. The number of aliphatic hydroxyl groups is 2. The van der Waals surface area contributed by atoms with Gasteiger partial charge in [0.25, 0.3) is 5.56 Å². The molecule has 7 nitrogen and oxygen atoms in total. The van der Waals surface area contributed by atoms with E-state index in [1.54, 1.807) is 6.26 Å². The summed E-state index contributed by atoms with van der Waals surface area (Å²) < 4.78 is 6.66. The lowest BCUT2D eigenvalue weighted by Gasteiger charge is -2.19. The van der Waals surface area contributed by atoms with E-state index >= 15 is 0 Å². The molecular weight excluding hydrogens is 260 g/mol. The number of nitrogens with one attached hydrogen (secondary N) is 1. The lowest BCUT2D eigenvalue weighted by Crippen LogP contribution is -2.36. The first kappa shape index (κ1) is 13.3. The average molecular weight is 274 g/mol. The summed E-state index contributed by atoms with van der Waals surface area (Å²) >= 11 is 1.34. The number of aromatic nitrogens is 2. The summed E-state index contributed by atoms with van der Waals surface area (Å²) in [6.45, 7) is -0.327. The third-order valence-corrected chi connectivity index (χ3v) is 3.95. The summed E-state index contributed by atoms with van der Waals surface area (Å²) in [6.07, 6.45) is 0.791. The maximum atomic E-state index is 11.7. The molecule has 1 aromatic heterocycles. The van der Waals surface area contributed by atoms with Crippen LogP contribution in [0.15, 0.2) is 21.9 Å². The normalized spacial score (nSPS) is 31.7. The van der Waals surface area contributed by atoms with Crippen molar-refractivity contribution in [2.24, 2.45) is 0 Å². The second kappa shape index (κ2) is 5.27. The highest BCUT2D eigenvalue weighted by Crippen LogP contribution is 2.35. The van der Waals surface area contributed by atoms with Gasteiger partial charge in [-0.25, -0.2) is 4.79 Å². The van der Waals surface area contributed by atoms with Crippen molar-refractivity contribution in [3.05, 3.63) is 33.1 Å². The molecule has 2 unspecified atom stereocenters. The molecule has 1 saturated heterocycles. The second-order valence-electron chi connectivity index (χ2n) is 3.96. The molecule has 1 aromatic rings. The number of H-pyrrole nitrogens is 1. The Morgan fingerprint density at radius 3 is 2.83 bits per heavy atom. The second-order valence-corrected chi connectivity index (χ2v) is 4.97. The van der Waals surface area contributed by atoms with Crippen LogP contribution in [0.2, 0.25) is 0 Å². The molecule has 3 N–H and O–H groups in total. The summed E-state index contributed by atoms with van der Waals surface area (Å²) in [7, 11) is 0. The van der Waals surface area contributed by atoms with Crippen LogP contribution in [0, 0.1) is 0 Å². The number of nitrogens with zero attached hydrogens (tertiary/aromatic N) is 1. The van der Waals surface area contributed by atoms with Crippen molar-refractivity contribution in [1.29, 1.82) is 0 Å². The molecular formula is C10H14N2O5S. The van der Waals surface area contributed by atoms with Crippen LogP contribution in [0.25, 0.3) is 0 Å². The van der Waals surface area contributed by atoms with Gasteiger partial charge in [-0.3, -0.25) is 14.3 Å². The van der Waals surface area contributed by atoms with Gasteiger partial charge in [-0.1, -0.05) is 0 Å². The first-order valence-corrected chi connectivity index (χ1v) is 6.66. The highest BCUT2D eigenvalue weighted by molar-refractivity contribution is 7.99. The van der Waals surface area contributed by atoms with Gasteiger partial charge in [0.1, 0.15) is 6.10 Å². The third kappa shape index (κ3) is 2.24. The largest absolute Gasteiger partial charge is 0.394 e. The highest BCUT2D eigenvalue weighted by Gasteiger charge is 2.44. The number of thioether (sulfide) groups is 1. The molecule has 0 aromatic carbocycles. The number of aromatic amines is 1. The fourth-order valence-corrected chi connectivity index (χ4v) is 2.86. The van der Waals surface area contributed by atoms with E-state index in [1.807, 2.05) is 0 Å². The monoisotopic (exact) mass is 274 g/mol. The van der Waals surface area contributed by atoms with Crippen LogP contribution >= 0.6 is 11.8 Å². The van der Waals surface area contributed by atoms with Gasteiger partial charge in [0.15, 0.2) is 6.23 Å². The van der Waals surface area contributed by atoms with Gasteiger partial charge in [-0.05, 0) is 6.26 Å². The molecule has 1 aliphatic heterocycles. The van der Waals surface area contributed by atoms with Crippen LogP contribution in [-0.2, 0) is 4.74 Å². The minimum Gasteiger partial charge on any atom is -0.394 e. The van der Waals surface area contributed by atoms with E-state index in [0.717, 1.165) is 0 Å². The van der Waals surface area contributed by atoms with Gasteiger partial charge in [0, 0.05) is 12.3 Å². The van der Waals surface area contributed by atoms with Crippen LogP contribution in [0.1, 0.15) is 6.23 Å². The van der Waals surface area contributed by atoms with Gasteiger partial charge in [0.2, 0.25) is 0 Å². The quantitative estimate of drug-likeness (QED) is 0.621. The number of ether oxygens (including phenoxy) is 1. The van der Waals surface area contributed by atoms with E-state index in [2.05, 4.69) is 4.98 Å². The van der Waals surface area contributed by atoms with E-state index < -0.39 is 29.7 Å². The zero-order valence-electron chi connectivity index (χ0n) is 9.65. The molecule has 0 aliphatic carbocycles. The molecule has 100 valence electrons. The van der Waals surface area contributed by atoms with Crippen LogP contribution < -0.4 is 11.2 Å². The van der Waals surface area contributed by atoms with E-state index in [9.17, 15) is 14.7 Å². The van der Waals surface area contributed by atoms with Crippen LogP contribution in [0.4, 0.5) is 0 Å². The molecule has 2 heterocycles. The van der Waals surface area contributed by atoms with Crippen LogP contribution in [0.3, 0.4) is 0 Å². The van der Waals surface area contributed by atoms with Crippen LogP contribution in [0.5, 0.6) is 0 Å². The van der Waals surface area contributed by atoms with Gasteiger partial charge >= 0.3 is 5.69 Å². The molecule has 4 atom stereocenters. The van der Waals surface area contributed by atoms with Crippen molar-refractivity contribution >= 4 is 11.8 Å². The standard InChI is InChI=1S/C10H14N2O5S/c1-18-8-7(15)5(4-13)17-9(8)12-3-2-6(14)11-10(12)16/h2-3,5,7-9,13,15H,4H2,1H3,(H,11,14,16)/t5-,7?,8?,9-/m1/s1. The maximum Gasteiger partial charge on any atom is 0.330 e. The lowest BCUT2D eigenvalue weighted by atomic mass is 10.2. The molecule has 1 fully saturated rings. The van der Waals surface area contributed by atoms with Gasteiger partial charge in [0.05, 0.1) is 18.0 Å². The Balaban J connectivity index is 2.38. The molecule has 0 saturated carbocycles. The van der Waals surface area contributed by atoms with E-state index in [-0.39, 0.29) is 11.9 Å². The lowest BCUT2D eigenvalue weighted by molar-refractivity contribution is -0.0457. The Bertz CT molecular complexity index is 527. The zero-order chi connectivity index (χ0) is 13.3. The van der Waals surface area contributed by atoms with Crippen molar-refractivity contribution in [3.63, 3.8) is 0 Å². The Labute approximate surface area is 106 Å². The number of aliphatic hydroxyl groups excluding tert-OH is 2. The minimum atomic E-state index is -0.867. The highest BCUT2D eigenvalue weighted by atomic mass is 32.2. The maximum absolute atomic E-state index is 11.7. The van der Waals surface area contributed by atoms with Gasteiger partial charge in [-0.2, -0.15) is 11.8 Å². The Kier molecular flexibility index (Phi) is 3.91. The van der Waals surface area contributed by atoms with Gasteiger partial charge < -0.3 is 14.9 Å². The Hall–Kier alpha value is -1.09. The predicted octanol–water partition coefficient (Wildman–Crippen LogP) is -1.48. The fourth-order valence-electron chi connectivity index (χ4n) is 1.98. The third-order valence-electron chi connectivity index (χ3n) is 2.89. The minimum absolute atomic E-state index is 0.327. The molecule has 0 bridgehead atoms. The van der Waals surface area contributed by atoms with Crippen molar-refractivity contribution in [2.75, 3.05) is 12.9 Å². The Morgan fingerprint density at radius 2 is 2.28 bits per heavy atom. The number of hydrogen-bond acceptors (Lipinski definition) is 6. The van der Waals surface area contributed by atoms with Crippen molar-refractivity contribution in [3.8, 4) is 0 Å². The summed E-state index contributed by atoms with van der Waals surface area (Å²) in [4.78, 5) is 24.8. The van der Waals surface area contributed by atoms with E-state index in [0.29, 0.717) is 0 Å². The predicted molar refractivity (Wildman–Crippen MR) is 65.6 cm³/mol. The molecule has 0 spiro atoms. The summed E-state index contributed by atoms with van der Waals surface area (Å²) in [5.74, 6) is 0. The van der Waals surface area contributed by atoms with Gasteiger partial charge in [-0.15, -0.1) is 0 Å². The zero-order valence-corrected chi connectivity index (χ0v) is 10.5. The first-order valence-electron chi connectivity index (χ1n) is 5.37. The molecule has 0 amide bonds. The number of rotatable bonds is 3. The smallest absolute Gasteiger partial charge is 0.330 e. The summed E-state index contributed by atoms with van der Waals surface area (Å²) in [6, 6.07) is 1.21. The number of hydrogen-bond donors (Lipinski definition) is 3. The molecule has 0 radical (unpaired) electrons. The average Bonchev–Trinajstić information content (AvgIpc) is 2.65. The molecule has 18 heavy (non-hydrogen) atoms.